The Balaban J connectivity index is 1.30. The van der Waals surface area contributed by atoms with E-state index in [1.54, 1.807) is 24.4 Å². The second kappa shape index (κ2) is 7.33. The van der Waals surface area contributed by atoms with E-state index in [1.807, 2.05) is 23.4 Å². The van der Waals surface area contributed by atoms with Crippen LogP contribution in [0.4, 0.5) is 4.39 Å². The first-order valence-electron chi connectivity index (χ1n) is 9.81. The van der Waals surface area contributed by atoms with Gasteiger partial charge in [0.05, 0.1) is 22.9 Å². The highest BCUT2D eigenvalue weighted by Gasteiger charge is 2.31. The second-order valence-corrected chi connectivity index (χ2v) is 7.63. The molecule has 1 saturated heterocycles. The molecule has 5 rings (SSSR count). The zero-order valence-corrected chi connectivity index (χ0v) is 16.1. The van der Waals surface area contributed by atoms with Gasteiger partial charge in [-0.1, -0.05) is 12.1 Å². The molecule has 0 radical (unpaired) electrons. The van der Waals surface area contributed by atoms with E-state index in [-0.39, 0.29) is 17.6 Å². The van der Waals surface area contributed by atoms with Gasteiger partial charge in [-0.2, -0.15) is 5.10 Å². The monoisotopic (exact) mass is 391 g/mol. The van der Waals surface area contributed by atoms with Crippen LogP contribution in [-0.4, -0.2) is 37.4 Å². The molecule has 4 aromatic rings. The Morgan fingerprint density at radius 2 is 2.10 bits per heavy atom. The van der Waals surface area contributed by atoms with Crippen molar-refractivity contribution in [2.45, 2.75) is 25.9 Å². The van der Waals surface area contributed by atoms with Gasteiger partial charge in [0, 0.05) is 37.1 Å². The van der Waals surface area contributed by atoms with E-state index < -0.39 is 0 Å². The Hall–Kier alpha value is -3.19. The number of benzene rings is 1. The molecule has 2 atom stereocenters. The molecule has 1 fully saturated rings. The maximum absolute atomic E-state index is 13.9. The van der Waals surface area contributed by atoms with Crippen LogP contribution in [0, 0.1) is 11.7 Å². The second-order valence-electron chi connectivity index (χ2n) is 7.63. The number of halogens is 1. The van der Waals surface area contributed by atoms with Gasteiger partial charge < -0.3 is 9.40 Å². The largest absolute Gasteiger partial charge is 0.403 e. The van der Waals surface area contributed by atoms with Crippen LogP contribution in [0.5, 0.6) is 5.75 Å². The minimum Gasteiger partial charge on any atom is -0.403 e. The molecule has 6 nitrogen and oxygen atoms in total. The summed E-state index contributed by atoms with van der Waals surface area (Å²) < 4.78 is 16.2. The molecule has 0 spiro atoms. The van der Waals surface area contributed by atoms with Crippen molar-refractivity contribution >= 4 is 11.0 Å². The maximum atomic E-state index is 13.9. The van der Waals surface area contributed by atoms with E-state index in [0.717, 1.165) is 41.8 Å². The van der Waals surface area contributed by atoms with E-state index in [9.17, 15) is 4.39 Å². The number of pyridine rings is 1. The smallest absolute Gasteiger partial charge is 0.183 e. The summed E-state index contributed by atoms with van der Waals surface area (Å²) in [7, 11) is 0. The summed E-state index contributed by atoms with van der Waals surface area (Å²) in [5, 5.41) is 8.71. The van der Waals surface area contributed by atoms with Gasteiger partial charge in [-0.3, -0.25) is 5.10 Å². The highest BCUT2D eigenvalue weighted by atomic mass is 19.1. The summed E-state index contributed by atoms with van der Waals surface area (Å²) in [5.74, 6) is 0.363. The van der Waals surface area contributed by atoms with E-state index in [4.69, 9.17) is 9.82 Å². The standard InChI is InChI=1S/C22H22FN5O/c1-15-10-16(14-28(15)29-22-5-3-2-4-18(22)23)13-27-9-8-20-21(27)7-6-19(26-20)17-11-24-25-12-17/h2-9,11-12,15-16H,10,13-14H2,1H3,(H,24,25)/t15-,16+/m0/s1. The lowest BCUT2D eigenvalue weighted by Gasteiger charge is -2.21. The summed E-state index contributed by atoms with van der Waals surface area (Å²) in [4.78, 5) is 10.6. The third-order valence-corrected chi connectivity index (χ3v) is 5.53. The number of hydrogen-bond donors (Lipinski definition) is 1. The minimum absolute atomic E-state index is 0.229. The minimum atomic E-state index is -0.334. The Morgan fingerprint density at radius 3 is 2.93 bits per heavy atom. The van der Waals surface area contributed by atoms with Gasteiger partial charge in [-0.05, 0) is 49.6 Å². The van der Waals surface area contributed by atoms with Crippen LogP contribution in [0.15, 0.2) is 61.1 Å². The molecule has 1 aliphatic heterocycles. The van der Waals surface area contributed by atoms with Crippen LogP contribution >= 0.6 is 0 Å². The van der Waals surface area contributed by atoms with Crippen molar-refractivity contribution in [2.75, 3.05) is 6.54 Å². The van der Waals surface area contributed by atoms with Crippen molar-refractivity contribution < 1.29 is 9.23 Å². The molecule has 7 heteroatoms. The molecular weight excluding hydrogens is 369 g/mol. The van der Waals surface area contributed by atoms with Crippen LogP contribution < -0.4 is 4.84 Å². The molecule has 1 N–H and O–H groups in total. The topological polar surface area (TPSA) is 59.0 Å². The lowest BCUT2D eigenvalue weighted by atomic mass is 10.1. The van der Waals surface area contributed by atoms with Gasteiger partial charge in [0.1, 0.15) is 0 Å². The molecule has 1 aliphatic rings. The lowest BCUT2D eigenvalue weighted by Crippen LogP contribution is -2.31. The fourth-order valence-electron chi connectivity index (χ4n) is 4.08. The van der Waals surface area contributed by atoms with E-state index in [1.165, 1.54) is 6.07 Å². The van der Waals surface area contributed by atoms with Crippen molar-refractivity contribution in [3.63, 3.8) is 0 Å². The van der Waals surface area contributed by atoms with E-state index in [0.29, 0.717) is 5.92 Å². The number of hydroxylamine groups is 2. The number of fused-ring (bicyclic) bond motifs is 1. The first-order valence-corrected chi connectivity index (χ1v) is 9.81. The lowest BCUT2D eigenvalue weighted by molar-refractivity contribution is -0.0704. The molecule has 3 aromatic heterocycles. The fraction of sp³-hybridized carbons (Fsp3) is 0.273. The van der Waals surface area contributed by atoms with Crippen LogP contribution in [0.25, 0.3) is 22.3 Å². The molecule has 0 bridgehead atoms. The number of aromatic nitrogens is 4. The van der Waals surface area contributed by atoms with E-state index >= 15 is 0 Å². The third kappa shape index (κ3) is 3.49. The van der Waals surface area contributed by atoms with Crippen molar-refractivity contribution in [3.8, 4) is 17.0 Å². The van der Waals surface area contributed by atoms with Crippen molar-refractivity contribution in [3.05, 3.63) is 66.9 Å². The molecule has 0 unspecified atom stereocenters. The van der Waals surface area contributed by atoms with E-state index in [2.05, 4.69) is 34.0 Å². The normalized spacial score (nSPS) is 19.8. The zero-order chi connectivity index (χ0) is 19.8. The van der Waals surface area contributed by atoms with Crippen molar-refractivity contribution in [1.82, 2.24) is 24.8 Å². The number of aromatic amines is 1. The van der Waals surface area contributed by atoms with Crippen molar-refractivity contribution in [2.24, 2.45) is 5.92 Å². The number of para-hydroxylation sites is 1. The summed E-state index contributed by atoms with van der Waals surface area (Å²) in [6, 6.07) is 12.9. The summed E-state index contributed by atoms with van der Waals surface area (Å²) in [5.41, 5.74) is 3.96. The predicted molar refractivity (Wildman–Crippen MR) is 109 cm³/mol. The van der Waals surface area contributed by atoms with Gasteiger partial charge >= 0.3 is 0 Å². The summed E-state index contributed by atoms with van der Waals surface area (Å²) in [6.07, 6.45) is 6.70. The average molecular weight is 391 g/mol. The molecule has 0 aliphatic carbocycles. The Bertz CT molecular complexity index is 1120. The molecule has 4 heterocycles. The Morgan fingerprint density at radius 1 is 1.21 bits per heavy atom. The van der Waals surface area contributed by atoms with Gasteiger partial charge in [0.15, 0.2) is 11.6 Å². The van der Waals surface area contributed by atoms with Crippen LogP contribution in [0.2, 0.25) is 0 Å². The van der Waals surface area contributed by atoms with Crippen LogP contribution in [0.3, 0.4) is 0 Å². The van der Waals surface area contributed by atoms with Gasteiger partial charge in [-0.15, -0.1) is 5.06 Å². The number of hydrogen-bond acceptors (Lipinski definition) is 4. The average Bonchev–Trinajstić information content (AvgIpc) is 3.45. The number of H-pyrrole nitrogens is 1. The highest BCUT2D eigenvalue weighted by molar-refractivity contribution is 5.79. The third-order valence-electron chi connectivity index (χ3n) is 5.53. The number of nitrogens with zero attached hydrogens (tertiary/aromatic N) is 4. The van der Waals surface area contributed by atoms with Gasteiger partial charge in [0.25, 0.3) is 0 Å². The molecule has 148 valence electrons. The fourth-order valence-corrected chi connectivity index (χ4v) is 4.08. The first kappa shape index (κ1) is 17.9. The highest BCUT2D eigenvalue weighted by Crippen LogP contribution is 2.29. The van der Waals surface area contributed by atoms with Gasteiger partial charge in [0.2, 0.25) is 0 Å². The predicted octanol–water partition coefficient (Wildman–Crippen LogP) is 4.27. The molecule has 29 heavy (non-hydrogen) atoms. The summed E-state index contributed by atoms with van der Waals surface area (Å²) in [6.45, 7) is 3.75. The van der Waals surface area contributed by atoms with Crippen LogP contribution in [-0.2, 0) is 6.54 Å². The number of nitrogens with one attached hydrogen (secondary N) is 1. The zero-order valence-electron chi connectivity index (χ0n) is 16.1. The first-order chi connectivity index (χ1) is 14.2. The Labute approximate surface area is 167 Å². The van der Waals surface area contributed by atoms with Crippen molar-refractivity contribution in [1.29, 1.82) is 0 Å². The number of rotatable bonds is 5. The molecule has 0 amide bonds. The maximum Gasteiger partial charge on any atom is 0.183 e. The molecule has 1 aromatic carbocycles. The molecule has 0 saturated carbocycles. The molecular formula is C22H22FN5O. The summed E-state index contributed by atoms with van der Waals surface area (Å²) >= 11 is 0. The quantitative estimate of drug-likeness (QED) is 0.552. The SMILES string of the molecule is C[C@H]1C[C@H](Cn2ccc3nc(-c4cn[nH]c4)ccc32)CN1Oc1ccccc1F. The van der Waals surface area contributed by atoms with Crippen LogP contribution in [0.1, 0.15) is 13.3 Å². The Kier molecular flexibility index (Phi) is 4.52. The van der Waals surface area contributed by atoms with Gasteiger partial charge in [-0.25, -0.2) is 9.37 Å².